The van der Waals surface area contributed by atoms with Crippen molar-refractivity contribution in [1.82, 2.24) is 0 Å². The molecule has 4 rings (SSSR count). The lowest BCUT2D eigenvalue weighted by Gasteiger charge is -2.52. The van der Waals surface area contributed by atoms with Gasteiger partial charge in [0.1, 0.15) is 0 Å². The Labute approximate surface area is 134 Å². The largest absolute Gasteiger partial charge is 0.501 e. The van der Waals surface area contributed by atoms with E-state index < -0.39 is 0 Å². The van der Waals surface area contributed by atoms with Crippen molar-refractivity contribution in [1.29, 1.82) is 0 Å². The average molecular weight is 302 g/mol. The average Bonchev–Trinajstić information content (AvgIpc) is 2.90. The minimum Gasteiger partial charge on any atom is -0.501 e. The van der Waals surface area contributed by atoms with E-state index in [1.54, 1.807) is 11.1 Å². The number of hydrogen-bond acceptors (Lipinski definition) is 2. The van der Waals surface area contributed by atoms with Gasteiger partial charge in [0, 0.05) is 13.0 Å². The molecule has 22 heavy (non-hydrogen) atoms. The lowest BCUT2D eigenvalue weighted by molar-refractivity contribution is -0.00211. The highest BCUT2D eigenvalue weighted by molar-refractivity contribution is 5.32. The van der Waals surface area contributed by atoms with Gasteiger partial charge in [0.25, 0.3) is 0 Å². The molecule has 4 aliphatic rings. The normalized spacial score (nSPS) is 44.0. The van der Waals surface area contributed by atoms with Crippen LogP contribution < -0.4 is 0 Å². The number of methoxy groups -OCH3 is 1. The van der Waals surface area contributed by atoms with E-state index in [-0.39, 0.29) is 0 Å². The van der Waals surface area contributed by atoms with E-state index in [2.05, 4.69) is 13.0 Å². The Balaban J connectivity index is 1.59. The molecule has 5 atom stereocenters. The lowest BCUT2D eigenvalue weighted by Crippen LogP contribution is -2.44. The van der Waals surface area contributed by atoms with Crippen LogP contribution in [0.25, 0.3) is 0 Å². The summed E-state index contributed by atoms with van der Waals surface area (Å²) in [5.41, 5.74) is 3.88. The van der Waals surface area contributed by atoms with Crippen molar-refractivity contribution >= 4 is 0 Å². The number of aliphatic hydroxyl groups is 1. The second-order valence-corrected chi connectivity index (χ2v) is 8.30. The highest BCUT2D eigenvalue weighted by Crippen LogP contribution is 2.62. The summed E-state index contributed by atoms with van der Waals surface area (Å²) in [5.74, 6) is 4.30. The first-order valence-corrected chi connectivity index (χ1v) is 9.22. The fraction of sp³-hybridized carbons (Fsp3) is 0.800. The van der Waals surface area contributed by atoms with Crippen molar-refractivity contribution in [3.05, 3.63) is 23.0 Å². The van der Waals surface area contributed by atoms with Gasteiger partial charge in [-0.05, 0) is 80.1 Å². The maximum atomic E-state index is 9.78. The third-order valence-electron chi connectivity index (χ3n) is 7.73. The highest BCUT2D eigenvalue weighted by Gasteiger charge is 2.54. The van der Waals surface area contributed by atoms with Crippen LogP contribution in [0.15, 0.2) is 23.0 Å². The molecule has 4 aliphatic carbocycles. The molecular weight excluding hydrogens is 272 g/mol. The molecule has 0 amide bonds. The van der Waals surface area contributed by atoms with Gasteiger partial charge in [-0.2, -0.15) is 0 Å². The highest BCUT2D eigenvalue weighted by atomic mass is 16.5. The summed E-state index contributed by atoms with van der Waals surface area (Å²) >= 11 is 0. The van der Waals surface area contributed by atoms with Crippen LogP contribution in [0.3, 0.4) is 0 Å². The Morgan fingerprint density at radius 3 is 2.91 bits per heavy atom. The monoisotopic (exact) mass is 302 g/mol. The SMILES string of the molecule is COC1=CCC2=C(CC[C@@H]3[C@@H]2CC[C@]2(C)[C@H](CO)CC[C@H]32)C1. The van der Waals surface area contributed by atoms with E-state index in [4.69, 9.17) is 4.74 Å². The van der Waals surface area contributed by atoms with Gasteiger partial charge in [0.2, 0.25) is 0 Å². The van der Waals surface area contributed by atoms with Gasteiger partial charge in [-0.3, -0.25) is 0 Å². The number of aliphatic hydroxyl groups excluding tert-OH is 1. The fourth-order valence-electron chi connectivity index (χ4n) is 6.45. The van der Waals surface area contributed by atoms with Crippen LogP contribution in [-0.2, 0) is 4.74 Å². The van der Waals surface area contributed by atoms with Crippen molar-refractivity contribution in [3.63, 3.8) is 0 Å². The topological polar surface area (TPSA) is 29.5 Å². The van der Waals surface area contributed by atoms with Gasteiger partial charge in [0.05, 0.1) is 12.9 Å². The zero-order valence-corrected chi connectivity index (χ0v) is 14.1. The summed E-state index contributed by atoms with van der Waals surface area (Å²) in [6.07, 6.45) is 12.4. The van der Waals surface area contributed by atoms with Crippen LogP contribution in [0.4, 0.5) is 0 Å². The minimum absolute atomic E-state index is 0.401. The summed E-state index contributed by atoms with van der Waals surface area (Å²) in [4.78, 5) is 0. The first kappa shape index (κ1) is 14.8. The number of allylic oxidation sites excluding steroid dienone is 3. The molecule has 2 fully saturated rings. The predicted octanol–water partition coefficient (Wildman–Crippen LogP) is 4.45. The molecule has 0 unspecified atom stereocenters. The van der Waals surface area contributed by atoms with Crippen LogP contribution in [0, 0.1) is 29.1 Å². The molecule has 2 heteroatoms. The molecule has 122 valence electrons. The Kier molecular flexibility index (Phi) is 3.64. The number of hydrogen-bond donors (Lipinski definition) is 1. The molecule has 0 aromatic rings. The van der Waals surface area contributed by atoms with Gasteiger partial charge in [-0.25, -0.2) is 0 Å². The molecular formula is C20H30O2. The van der Waals surface area contributed by atoms with Crippen molar-refractivity contribution in [3.8, 4) is 0 Å². The van der Waals surface area contributed by atoms with Crippen molar-refractivity contribution < 1.29 is 9.84 Å². The molecule has 0 aromatic heterocycles. The Hall–Kier alpha value is -0.760. The molecule has 0 bridgehead atoms. The molecule has 0 spiro atoms. The number of rotatable bonds is 2. The standard InChI is InChI=1S/C20H30O2/c1-20-10-9-17-16-7-5-15(22-2)11-13(16)3-6-18(17)19(20)8-4-14(20)12-21/h5,14,17-19,21H,3-4,6-12H2,1-2H3/t14-,17+,18+,19+,20+/m0/s1. The third-order valence-corrected chi connectivity index (χ3v) is 7.73. The van der Waals surface area contributed by atoms with E-state index in [0.717, 1.165) is 30.6 Å². The van der Waals surface area contributed by atoms with E-state index in [0.29, 0.717) is 17.9 Å². The number of ether oxygens (including phenoxy) is 1. The Morgan fingerprint density at radius 2 is 2.14 bits per heavy atom. The minimum atomic E-state index is 0.401. The van der Waals surface area contributed by atoms with E-state index in [1.807, 2.05) is 7.11 Å². The summed E-state index contributed by atoms with van der Waals surface area (Å²) in [5, 5.41) is 9.78. The van der Waals surface area contributed by atoms with Crippen LogP contribution in [0.5, 0.6) is 0 Å². The van der Waals surface area contributed by atoms with Gasteiger partial charge in [-0.15, -0.1) is 0 Å². The van der Waals surface area contributed by atoms with E-state index in [9.17, 15) is 5.11 Å². The van der Waals surface area contributed by atoms with E-state index >= 15 is 0 Å². The Morgan fingerprint density at radius 1 is 1.27 bits per heavy atom. The predicted molar refractivity (Wildman–Crippen MR) is 88.2 cm³/mol. The van der Waals surface area contributed by atoms with Crippen molar-refractivity contribution in [2.24, 2.45) is 29.1 Å². The number of fused-ring (bicyclic) bond motifs is 4. The third kappa shape index (κ3) is 2.02. The van der Waals surface area contributed by atoms with Gasteiger partial charge >= 0.3 is 0 Å². The molecule has 0 saturated heterocycles. The van der Waals surface area contributed by atoms with Gasteiger partial charge in [-0.1, -0.05) is 18.1 Å². The molecule has 2 nitrogen and oxygen atoms in total. The van der Waals surface area contributed by atoms with Crippen LogP contribution in [0.1, 0.15) is 58.3 Å². The molecule has 2 saturated carbocycles. The maximum absolute atomic E-state index is 9.78. The second kappa shape index (κ2) is 5.40. The zero-order chi connectivity index (χ0) is 15.3. The maximum Gasteiger partial charge on any atom is 0.0959 e. The summed E-state index contributed by atoms with van der Waals surface area (Å²) in [7, 11) is 1.81. The Bertz CT molecular complexity index is 518. The quantitative estimate of drug-likeness (QED) is 0.764. The zero-order valence-electron chi connectivity index (χ0n) is 14.1. The molecule has 0 radical (unpaired) electrons. The first-order chi connectivity index (χ1) is 10.7. The van der Waals surface area contributed by atoms with Crippen molar-refractivity contribution in [2.45, 2.75) is 58.3 Å². The summed E-state index contributed by atoms with van der Waals surface area (Å²) in [6, 6.07) is 0. The summed E-state index contributed by atoms with van der Waals surface area (Å²) < 4.78 is 5.49. The van der Waals surface area contributed by atoms with Gasteiger partial charge in [0.15, 0.2) is 0 Å². The molecule has 0 aromatic carbocycles. The fourth-order valence-corrected chi connectivity index (χ4v) is 6.45. The first-order valence-electron chi connectivity index (χ1n) is 9.22. The molecule has 1 N–H and O–H groups in total. The second-order valence-electron chi connectivity index (χ2n) is 8.30. The molecule has 0 heterocycles. The lowest BCUT2D eigenvalue weighted by atomic mass is 9.53. The van der Waals surface area contributed by atoms with Crippen LogP contribution >= 0.6 is 0 Å². The smallest absolute Gasteiger partial charge is 0.0959 e. The van der Waals surface area contributed by atoms with Crippen molar-refractivity contribution in [2.75, 3.05) is 13.7 Å². The van der Waals surface area contributed by atoms with Crippen LogP contribution in [-0.4, -0.2) is 18.8 Å². The van der Waals surface area contributed by atoms with Crippen LogP contribution in [0.2, 0.25) is 0 Å². The van der Waals surface area contributed by atoms with E-state index in [1.165, 1.54) is 44.3 Å². The summed E-state index contributed by atoms with van der Waals surface area (Å²) in [6.45, 7) is 2.88. The molecule has 0 aliphatic heterocycles. The van der Waals surface area contributed by atoms with Gasteiger partial charge < -0.3 is 9.84 Å².